The Balaban J connectivity index is 0. The van der Waals surface area contributed by atoms with Gasteiger partial charge < -0.3 is 25.5 Å². The van der Waals surface area contributed by atoms with Crippen LogP contribution in [0.25, 0.3) is 0 Å². The normalized spacial score (nSPS) is 13.1. The van der Waals surface area contributed by atoms with Gasteiger partial charge in [0.25, 0.3) is 0 Å². The molecule has 2 atom stereocenters. The molecular weight excluding hydrogens is 260 g/mol. The number of hydrogen-bond donors (Lipinski definition) is 5. The minimum Gasteiger partial charge on any atom is -0.481 e. The van der Waals surface area contributed by atoms with Crippen LogP contribution in [0, 0.1) is 5.92 Å². The van der Waals surface area contributed by atoms with Gasteiger partial charge in [-0.1, -0.05) is 13.8 Å². The molecule has 0 aromatic heterocycles. The number of aliphatic hydroxyl groups excluding tert-OH is 2. The van der Waals surface area contributed by atoms with Crippen LogP contribution in [0.2, 0.25) is 0 Å². The fourth-order valence-electron chi connectivity index (χ4n) is 0.931. The topological polar surface area (TPSA) is 152 Å². The molecule has 0 aliphatic heterocycles. The van der Waals surface area contributed by atoms with Crippen molar-refractivity contribution in [2.24, 2.45) is 5.92 Å². The molecule has 0 fully saturated rings. The van der Waals surface area contributed by atoms with Crippen molar-refractivity contribution in [2.75, 3.05) is 0 Å². The van der Waals surface area contributed by atoms with Crippen LogP contribution in [0.4, 0.5) is 0 Å². The van der Waals surface area contributed by atoms with Gasteiger partial charge in [0, 0.05) is 6.42 Å². The average molecular weight is 280 g/mol. The van der Waals surface area contributed by atoms with E-state index in [1.54, 1.807) is 0 Å². The van der Waals surface area contributed by atoms with Crippen LogP contribution in [0.1, 0.15) is 33.1 Å². The molecule has 8 nitrogen and oxygen atoms in total. The Hall–Kier alpha value is -1.67. The molecule has 0 aromatic rings. The first kappa shape index (κ1) is 19.7. The van der Waals surface area contributed by atoms with E-state index in [-0.39, 0.29) is 18.8 Å². The molecule has 0 aliphatic carbocycles. The summed E-state index contributed by atoms with van der Waals surface area (Å²) in [5, 5.41) is 41.5. The van der Waals surface area contributed by atoms with E-state index in [0.29, 0.717) is 6.42 Å². The van der Waals surface area contributed by atoms with Crippen molar-refractivity contribution in [3.63, 3.8) is 0 Å². The summed E-state index contributed by atoms with van der Waals surface area (Å²) in [5.74, 6) is -3.40. The predicted octanol–water partition coefficient (Wildman–Crippen LogP) is -0.225. The third-order valence-electron chi connectivity index (χ3n) is 1.90. The third kappa shape index (κ3) is 14.3. The number of aliphatic hydroxyl groups is 2. The number of aliphatic carboxylic acids is 3. The lowest BCUT2D eigenvalue weighted by molar-refractivity contribution is -0.148. The lowest BCUT2D eigenvalue weighted by atomic mass is 10.1. The first-order valence-electron chi connectivity index (χ1n) is 5.61. The van der Waals surface area contributed by atoms with E-state index >= 15 is 0 Å². The molecule has 0 amide bonds. The summed E-state index contributed by atoms with van der Waals surface area (Å²) in [7, 11) is 0. The van der Waals surface area contributed by atoms with E-state index < -0.39 is 30.1 Å². The number of rotatable bonds is 7. The van der Waals surface area contributed by atoms with E-state index in [1.165, 1.54) is 0 Å². The van der Waals surface area contributed by atoms with Crippen molar-refractivity contribution in [2.45, 2.75) is 45.3 Å². The summed E-state index contributed by atoms with van der Waals surface area (Å²) in [5.41, 5.74) is 0. The van der Waals surface area contributed by atoms with Crippen LogP contribution in [0.3, 0.4) is 0 Å². The largest absolute Gasteiger partial charge is 0.481 e. The van der Waals surface area contributed by atoms with Crippen LogP contribution in [-0.4, -0.2) is 55.6 Å². The van der Waals surface area contributed by atoms with Crippen molar-refractivity contribution in [1.29, 1.82) is 0 Å². The third-order valence-corrected chi connectivity index (χ3v) is 1.90. The molecule has 0 saturated carbocycles. The summed E-state index contributed by atoms with van der Waals surface area (Å²) in [6.45, 7) is 3.73. The van der Waals surface area contributed by atoms with Crippen LogP contribution >= 0.6 is 0 Å². The summed E-state index contributed by atoms with van der Waals surface area (Å²) in [6, 6.07) is 0. The van der Waals surface area contributed by atoms with Crippen LogP contribution in [0.5, 0.6) is 0 Å². The summed E-state index contributed by atoms with van der Waals surface area (Å²) in [6.07, 6.45) is -2.99. The van der Waals surface area contributed by atoms with Crippen molar-refractivity contribution in [3.05, 3.63) is 0 Å². The minimum atomic E-state index is -1.56. The minimum absolute atomic E-state index is 0.232. The highest BCUT2D eigenvalue weighted by Crippen LogP contribution is 2.03. The van der Waals surface area contributed by atoms with Crippen molar-refractivity contribution in [3.8, 4) is 0 Å². The van der Waals surface area contributed by atoms with Crippen LogP contribution in [-0.2, 0) is 14.4 Å². The molecule has 0 spiro atoms. The maximum Gasteiger partial charge on any atom is 0.332 e. The van der Waals surface area contributed by atoms with Gasteiger partial charge in [-0.15, -0.1) is 0 Å². The molecular formula is C11H20O8. The van der Waals surface area contributed by atoms with E-state index in [2.05, 4.69) is 0 Å². The Kier molecular flexibility index (Phi) is 10.6. The number of carboxylic acids is 3. The fourth-order valence-corrected chi connectivity index (χ4v) is 0.931. The highest BCUT2D eigenvalue weighted by atomic mass is 16.4. The number of hydrogen-bond acceptors (Lipinski definition) is 5. The van der Waals surface area contributed by atoms with Crippen LogP contribution in [0.15, 0.2) is 0 Å². The molecule has 0 heterocycles. The predicted molar refractivity (Wildman–Crippen MR) is 63.6 cm³/mol. The van der Waals surface area contributed by atoms with E-state index in [9.17, 15) is 14.4 Å². The van der Waals surface area contributed by atoms with Gasteiger partial charge in [-0.2, -0.15) is 0 Å². The van der Waals surface area contributed by atoms with Crippen molar-refractivity contribution < 1.29 is 39.9 Å². The van der Waals surface area contributed by atoms with Gasteiger partial charge in [0.15, 0.2) is 12.2 Å². The number of carboxylic acid groups (broad SMARTS) is 3. The molecule has 0 radical (unpaired) electrons. The summed E-state index contributed by atoms with van der Waals surface area (Å²) in [4.78, 5) is 29.7. The Morgan fingerprint density at radius 1 is 0.895 bits per heavy atom. The Morgan fingerprint density at radius 3 is 1.53 bits per heavy atom. The second-order valence-corrected chi connectivity index (χ2v) is 4.27. The molecule has 0 rings (SSSR count). The molecule has 112 valence electrons. The molecule has 0 aromatic carbocycles. The summed E-state index contributed by atoms with van der Waals surface area (Å²) >= 11 is 0. The van der Waals surface area contributed by atoms with Gasteiger partial charge in [-0.05, 0) is 18.8 Å². The van der Waals surface area contributed by atoms with E-state index in [0.717, 1.165) is 0 Å². The first-order valence-corrected chi connectivity index (χ1v) is 5.61. The molecule has 0 saturated heterocycles. The lowest BCUT2D eigenvalue weighted by Gasteiger charge is -2.06. The zero-order chi connectivity index (χ0) is 15.6. The SMILES string of the molecule is CC(C)CC(O)C(=O)O.O=C(O)CCC(O)C(=O)O. The first-order chi connectivity index (χ1) is 8.57. The summed E-state index contributed by atoms with van der Waals surface area (Å²) < 4.78 is 0. The Morgan fingerprint density at radius 2 is 1.32 bits per heavy atom. The quantitative estimate of drug-likeness (QED) is 0.429. The Labute approximate surface area is 110 Å². The van der Waals surface area contributed by atoms with Crippen LogP contribution < -0.4 is 0 Å². The molecule has 2 unspecified atom stereocenters. The highest BCUT2D eigenvalue weighted by molar-refractivity contribution is 5.73. The average Bonchev–Trinajstić information content (AvgIpc) is 2.25. The monoisotopic (exact) mass is 280 g/mol. The maximum absolute atomic E-state index is 9.98. The lowest BCUT2D eigenvalue weighted by Crippen LogP contribution is -2.21. The van der Waals surface area contributed by atoms with Gasteiger partial charge in [0.05, 0.1) is 0 Å². The van der Waals surface area contributed by atoms with Gasteiger partial charge in [0.2, 0.25) is 0 Å². The number of carbonyl (C=O) groups is 3. The molecule has 5 N–H and O–H groups in total. The molecule has 0 bridgehead atoms. The Bertz CT molecular complexity index is 299. The van der Waals surface area contributed by atoms with Gasteiger partial charge in [-0.25, -0.2) is 9.59 Å². The zero-order valence-electron chi connectivity index (χ0n) is 10.8. The smallest absolute Gasteiger partial charge is 0.332 e. The van der Waals surface area contributed by atoms with Gasteiger partial charge in [-0.3, -0.25) is 4.79 Å². The highest BCUT2D eigenvalue weighted by Gasteiger charge is 2.14. The van der Waals surface area contributed by atoms with Gasteiger partial charge >= 0.3 is 17.9 Å². The molecule has 19 heavy (non-hydrogen) atoms. The van der Waals surface area contributed by atoms with E-state index in [1.807, 2.05) is 13.8 Å². The second kappa shape index (κ2) is 10.3. The molecule has 8 heteroatoms. The maximum atomic E-state index is 9.98. The van der Waals surface area contributed by atoms with Gasteiger partial charge in [0.1, 0.15) is 0 Å². The van der Waals surface area contributed by atoms with E-state index in [4.69, 9.17) is 25.5 Å². The fraction of sp³-hybridized carbons (Fsp3) is 0.727. The standard InChI is InChI=1S/C6H12O3.C5H8O5/c1-4(2)3-5(7)6(8)9;6-3(5(9)10)1-2-4(7)8/h4-5,7H,3H2,1-2H3,(H,8,9);3,6H,1-2H2,(H,7,8)(H,9,10). The van der Waals surface area contributed by atoms with Crippen molar-refractivity contribution >= 4 is 17.9 Å². The second-order valence-electron chi connectivity index (χ2n) is 4.27. The zero-order valence-corrected chi connectivity index (χ0v) is 10.8. The van der Waals surface area contributed by atoms with Crippen molar-refractivity contribution in [1.82, 2.24) is 0 Å². The molecule has 0 aliphatic rings.